The lowest BCUT2D eigenvalue weighted by molar-refractivity contribution is -0.164. The molecule has 0 aliphatic carbocycles. The van der Waals surface area contributed by atoms with Gasteiger partial charge in [0.05, 0.1) is 25.7 Å². The third-order valence-corrected chi connectivity index (χ3v) is 11.8. The largest absolute Gasteiger partial charge is 0.468 e. The van der Waals surface area contributed by atoms with E-state index in [0.717, 1.165) is 53.3 Å². The number of nitrogens with zero attached hydrogens (tertiary/aromatic N) is 1. The molecule has 0 unspecified atom stereocenters. The number of aryl methyl sites for hydroxylation is 1. The number of aromatic nitrogens is 2. The molecule has 12 nitrogen and oxygen atoms in total. The zero-order chi connectivity index (χ0) is 37.8. The number of hydrogen-bond acceptors (Lipinski definition) is 10. The summed E-state index contributed by atoms with van der Waals surface area (Å²) in [5.74, 6) is -5.71. The first-order chi connectivity index (χ1) is 25.5. The van der Waals surface area contributed by atoms with Crippen LogP contribution in [0.15, 0.2) is 142 Å². The number of carbonyl (C=O) groups is 2. The Balaban J connectivity index is 1.59. The van der Waals surface area contributed by atoms with Crippen LogP contribution < -0.4 is 11.2 Å². The topological polar surface area (TPSA) is 160 Å². The second kappa shape index (κ2) is 15.5. The van der Waals surface area contributed by atoms with Crippen molar-refractivity contribution in [2.24, 2.45) is 11.8 Å². The minimum Gasteiger partial charge on any atom is -0.468 e. The van der Waals surface area contributed by atoms with Crippen molar-refractivity contribution >= 4 is 21.8 Å². The van der Waals surface area contributed by atoms with Gasteiger partial charge in [-0.15, -0.1) is 0 Å². The van der Waals surface area contributed by atoms with Gasteiger partial charge in [-0.1, -0.05) is 109 Å². The van der Waals surface area contributed by atoms with E-state index in [0.29, 0.717) is 0 Å². The van der Waals surface area contributed by atoms with Crippen molar-refractivity contribution in [1.82, 2.24) is 9.55 Å². The second-order valence-corrected chi connectivity index (χ2v) is 14.7. The fourth-order valence-electron chi connectivity index (χ4n) is 7.06. The van der Waals surface area contributed by atoms with Gasteiger partial charge < -0.3 is 18.9 Å². The Labute approximate surface area is 305 Å². The standard InChI is InChI=1S/C40H38N2O10S/c1-26-19-21-30(22-20-26)53(47,48)35-31(52-36(42-24-23-32(43)41-39(42)46)33(35)34(37(44)49-2)38(45)50-3)25-51-40(27-13-7-4-8-14-27,28-15-9-5-10-16-28)29-17-11-6-12-18-29/h4-24,31,33-36H,25H2,1-3H3,(H,41,43,46)/t31-,33-,35+,36-/m1/s1. The van der Waals surface area contributed by atoms with Crippen LogP contribution in [0.1, 0.15) is 28.5 Å². The Hall–Kier alpha value is -5.63. The molecule has 2 heterocycles. The van der Waals surface area contributed by atoms with E-state index in [-0.39, 0.29) is 4.90 Å². The number of hydrogen-bond donors (Lipinski definition) is 1. The number of esters is 2. The molecule has 5 aromatic rings. The molecule has 0 amide bonds. The first kappa shape index (κ1) is 37.1. The van der Waals surface area contributed by atoms with Gasteiger partial charge in [0, 0.05) is 18.2 Å². The van der Waals surface area contributed by atoms with Crippen LogP contribution in [0.25, 0.3) is 0 Å². The van der Waals surface area contributed by atoms with Gasteiger partial charge in [-0.2, -0.15) is 0 Å². The summed E-state index contributed by atoms with van der Waals surface area (Å²) in [6.45, 7) is 1.38. The van der Waals surface area contributed by atoms with Crippen LogP contribution in [-0.4, -0.2) is 62.1 Å². The lowest BCUT2D eigenvalue weighted by Crippen LogP contribution is -2.47. The van der Waals surface area contributed by atoms with E-state index in [4.69, 9.17) is 18.9 Å². The number of H-pyrrole nitrogens is 1. The minimum absolute atomic E-state index is 0.116. The summed E-state index contributed by atoms with van der Waals surface area (Å²) in [6, 6.07) is 35.3. The predicted molar refractivity (Wildman–Crippen MR) is 194 cm³/mol. The number of rotatable bonds is 12. The monoisotopic (exact) mass is 738 g/mol. The summed E-state index contributed by atoms with van der Waals surface area (Å²) in [7, 11) is -2.42. The summed E-state index contributed by atoms with van der Waals surface area (Å²) >= 11 is 0. The molecular formula is C40H38N2O10S. The maximum absolute atomic E-state index is 15.0. The van der Waals surface area contributed by atoms with E-state index < -0.39 is 74.7 Å². The fourth-order valence-corrected chi connectivity index (χ4v) is 9.13. The molecule has 13 heteroatoms. The number of carbonyl (C=O) groups excluding carboxylic acids is 2. The Bertz CT molecular complexity index is 2160. The molecule has 4 atom stereocenters. The van der Waals surface area contributed by atoms with Gasteiger partial charge in [-0.25, -0.2) is 13.2 Å². The van der Waals surface area contributed by atoms with Gasteiger partial charge in [0.15, 0.2) is 15.8 Å². The molecule has 1 saturated heterocycles. The first-order valence-electron chi connectivity index (χ1n) is 16.8. The highest BCUT2D eigenvalue weighted by molar-refractivity contribution is 7.92. The van der Waals surface area contributed by atoms with Crippen LogP contribution in [0, 0.1) is 18.8 Å². The SMILES string of the molecule is COC(=O)C(C(=O)OC)[C@@H]1[C@@H](S(=O)(=O)c2ccc(C)cc2)[C@@H](COC(c2ccccc2)(c2ccccc2)c2ccccc2)O[C@H]1n1ccc(=O)[nH]c1=O. The van der Waals surface area contributed by atoms with Crippen LogP contribution in [0.2, 0.25) is 0 Å². The molecule has 0 radical (unpaired) electrons. The highest BCUT2D eigenvalue weighted by Gasteiger charge is 2.60. The van der Waals surface area contributed by atoms with E-state index in [1.165, 1.54) is 12.1 Å². The first-order valence-corrected chi connectivity index (χ1v) is 18.3. The van der Waals surface area contributed by atoms with Crippen molar-refractivity contribution in [3.63, 3.8) is 0 Å². The number of nitrogens with one attached hydrogen (secondary N) is 1. The van der Waals surface area contributed by atoms with Gasteiger partial charge in [0.25, 0.3) is 5.56 Å². The van der Waals surface area contributed by atoms with Gasteiger partial charge in [0.2, 0.25) is 0 Å². The van der Waals surface area contributed by atoms with E-state index in [9.17, 15) is 27.6 Å². The Morgan fingerprint density at radius 3 is 1.72 bits per heavy atom. The predicted octanol–water partition coefficient (Wildman–Crippen LogP) is 4.17. The van der Waals surface area contributed by atoms with E-state index in [2.05, 4.69) is 4.98 Å². The molecule has 274 valence electrons. The number of sulfone groups is 1. The molecule has 1 N–H and O–H groups in total. The minimum atomic E-state index is -4.51. The molecule has 53 heavy (non-hydrogen) atoms. The van der Waals surface area contributed by atoms with Gasteiger partial charge >= 0.3 is 17.6 Å². The van der Waals surface area contributed by atoms with Crippen LogP contribution in [-0.2, 0) is 44.0 Å². The molecule has 1 fully saturated rings. The van der Waals surface area contributed by atoms with E-state index in [1.54, 1.807) is 19.1 Å². The Kier molecular flexibility index (Phi) is 10.9. The summed E-state index contributed by atoms with van der Waals surface area (Å²) in [6.07, 6.45) is -1.89. The smallest absolute Gasteiger partial charge is 0.330 e. The average molecular weight is 739 g/mol. The molecule has 1 aromatic heterocycles. The van der Waals surface area contributed by atoms with Crippen molar-refractivity contribution in [2.75, 3.05) is 20.8 Å². The Morgan fingerprint density at radius 2 is 1.26 bits per heavy atom. The molecule has 0 spiro atoms. The maximum Gasteiger partial charge on any atom is 0.330 e. The molecule has 0 bridgehead atoms. The van der Waals surface area contributed by atoms with Crippen LogP contribution >= 0.6 is 0 Å². The molecule has 4 aromatic carbocycles. The zero-order valence-corrected chi connectivity index (χ0v) is 30.0. The summed E-state index contributed by atoms with van der Waals surface area (Å²) in [5, 5.41) is -1.70. The third-order valence-electron chi connectivity index (χ3n) is 9.52. The molecule has 6 rings (SSSR count). The number of methoxy groups -OCH3 is 2. The van der Waals surface area contributed by atoms with Crippen LogP contribution in [0.5, 0.6) is 0 Å². The molecule has 1 aliphatic rings. The lowest BCUT2D eigenvalue weighted by Gasteiger charge is -2.37. The summed E-state index contributed by atoms with van der Waals surface area (Å²) in [5.41, 5.74) is -0.0405. The van der Waals surface area contributed by atoms with Crippen LogP contribution in [0.3, 0.4) is 0 Å². The maximum atomic E-state index is 15.0. The van der Waals surface area contributed by atoms with Crippen molar-refractivity contribution in [3.8, 4) is 0 Å². The highest BCUT2D eigenvalue weighted by Crippen LogP contribution is 2.47. The number of benzene rings is 4. The lowest BCUT2D eigenvalue weighted by atomic mass is 9.80. The van der Waals surface area contributed by atoms with Crippen LogP contribution in [0.4, 0.5) is 0 Å². The van der Waals surface area contributed by atoms with Gasteiger partial charge in [0.1, 0.15) is 23.2 Å². The van der Waals surface area contributed by atoms with E-state index in [1.807, 2.05) is 91.0 Å². The second-order valence-electron chi connectivity index (χ2n) is 12.6. The van der Waals surface area contributed by atoms with Crippen molar-refractivity contribution in [3.05, 3.63) is 171 Å². The third kappa shape index (κ3) is 7.10. The van der Waals surface area contributed by atoms with Crippen molar-refractivity contribution in [2.45, 2.75) is 35.0 Å². The van der Waals surface area contributed by atoms with Gasteiger partial charge in [-0.05, 0) is 35.7 Å². The quantitative estimate of drug-likeness (QED) is 0.112. The molecule has 1 aliphatic heterocycles. The molecule has 0 saturated carbocycles. The average Bonchev–Trinajstić information content (AvgIpc) is 3.55. The summed E-state index contributed by atoms with van der Waals surface area (Å²) in [4.78, 5) is 54.5. The number of ether oxygens (including phenoxy) is 4. The fraction of sp³-hybridized carbons (Fsp3) is 0.250. The zero-order valence-electron chi connectivity index (χ0n) is 29.2. The summed E-state index contributed by atoms with van der Waals surface area (Å²) < 4.78 is 54.4. The Morgan fingerprint density at radius 1 is 0.774 bits per heavy atom. The van der Waals surface area contributed by atoms with Crippen molar-refractivity contribution in [1.29, 1.82) is 0 Å². The molecular weight excluding hydrogens is 701 g/mol. The van der Waals surface area contributed by atoms with Crippen molar-refractivity contribution < 1.29 is 37.0 Å². The van der Waals surface area contributed by atoms with E-state index >= 15 is 0 Å². The van der Waals surface area contributed by atoms with Gasteiger partial charge in [-0.3, -0.25) is 23.9 Å². The number of aromatic amines is 1. The normalized spacial score (nSPS) is 18.8. The highest BCUT2D eigenvalue weighted by atomic mass is 32.2.